The SMILES string of the molecule is CC(C)N1CCCC(N[C@@H](C)C2CCCCCC2)CC1. The van der Waals surface area contributed by atoms with Crippen LogP contribution in [-0.4, -0.2) is 36.1 Å². The smallest absolute Gasteiger partial charge is 0.00823 e. The highest BCUT2D eigenvalue weighted by Crippen LogP contribution is 2.26. The highest BCUT2D eigenvalue weighted by Gasteiger charge is 2.23. The van der Waals surface area contributed by atoms with Gasteiger partial charge in [0.1, 0.15) is 0 Å². The first-order valence-corrected chi connectivity index (χ1v) is 9.17. The molecule has 2 aliphatic rings. The predicted octanol–water partition coefficient (Wildman–Crippen LogP) is 4.20. The molecule has 1 aliphatic carbocycles. The van der Waals surface area contributed by atoms with E-state index in [1.807, 2.05) is 0 Å². The van der Waals surface area contributed by atoms with Crippen molar-refractivity contribution in [1.29, 1.82) is 0 Å². The Balaban J connectivity index is 1.77. The van der Waals surface area contributed by atoms with Crippen LogP contribution in [0.4, 0.5) is 0 Å². The van der Waals surface area contributed by atoms with Crippen molar-refractivity contribution in [1.82, 2.24) is 10.2 Å². The first-order chi connectivity index (χ1) is 9.66. The molecule has 1 saturated heterocycles. The molecular weight excluding hydrogens is 244 g/mol. The molecule has 0 spiro atoms. The summed E-state index contributed by atoms with van der Waals surface area (Å²) in [5.74, 6) is 0.932. The summed E-state index contributed by atoms with van der Waals surface area (Å²) in [6.07, 6.45) is 12.9. The van der Waals surface area contributed by atoms with Crippen LogP contribution in [0.15, 0.2) is 0 Å². The van der Waals surface area contributed by atoms with Gasteiger partial charge >= 0.3 is 0 Å². The quantitative estimate of drug-likeness (QED) is 0.777. The largest absolute Gasteiger partial charge is 0.311 e. The molecular formula is C18H36N2. The molecule has 0 aromatic carbocycles. The summed E-state index contributed by atoms with van der Waals surface area (Å²) in [6, 6.07) is 2.20. The van der Waals surface area contributed by atoms with Gasteiger partial charge in [0.2, 0.25) is 0 Å². The van der Waals surface area contributed by atoms with Gasteiger partial charge in [0.15, 0.2) is 0 Å². The molecule has 2 fully saturated rings. The van der Waals surface area contributed by atoms with E-state index in [9.17, 15) is 0 Å². The number of hydrogen-bond donors (Lipinski definition) is 1. The summed E-state index contributed by atoms with van der Waals surface area (Å²) in [5.41, 5.74) is 0. The van der Waals surface area contributed by atoms with Crippen molar-refractivity contribution in [3.8, 4) is 0 Å². The van der Waals surface area contributed by atoms with Crippen molar-refractivity contribution < 1.29 is 0 Å². The molecule has 0 radical (unpaired) electrons. The Morgan fingerprint density at radius 2 is 1.50 bits per heavy atom. The van der Waals surface area contributed by atoms with Crippen LogP contribution >= 0.6 is 0 Å². The normalized spacial score (nSPS) is 29.1. The van der Waals surface area contributed by atoms with Crippen LogP contribution < -0.4 is 5.32 Å². The minimum absolute atomic E-state index is 0.716. The van der Waals surface area contributed by atoms with Crippen LogP contribution in [0.3, 0.4) is 0 Å². The van der Waals surface area contributed by atoms with Gasteiger partial charge in [-0.25, -0.2) is 0 Å². The van der Waals surface area contributed by atoms with Crippen molar-refractivity contribution in [3.05, 3.63) is 0 Å². The number of nitrogens with zero attached hydrogens (tertiary/aromatic N) is 1. The summed E-state index contributed by atoms with van der Waals surface area (Å²) in [5, 5.41) is 3.99. The van der Waals surface area contributed by atoms with E-state index in [4.69, 9.17) is 0 Å². The Morgan fingerprint density at radius 3 is 2.15 bits per heavy atom. The van der Waals surface area contributed by atoms with Gasteiger partial charge in [-0.05, 0) is 71.9 Å². The second kappa shape index (κ2) is 8.38. The molecule has 0 bridgehead atoms. The van der Waals surface area contributed by atoms with E-state index in [2.05, 4.69) is 31.0 Å². The van der Waals surface area contributed by atoms with Gasteiger partial charge in [0, 0.05) is 18.1 Å². The van der Waals surface area contributed by atoms with Crippen LogP contribution in [0.5, 0.6) is 0 Å². The van der Waals surface area contributed by atoms with Crippen molar-refractivity contribution in [2.24, 2.45) is 5.92 Å². The van der Waals surface area contributed by atoms with Gasteiger partial charge in [0.05, 0.1) is 0 Å². The average Bonchev–Trinajstić information content (AvgIpc) is 2.80. The number of hydrogen-bond acceptors (Lipinski definition) is 2. The second-order valence-electron chi connectivity index (χ2n) is 7.46. The minimum Gasteiger partial charge on any atom is -0.311 e. The summed E-state index contributed by atoms with van der Waals surface area (Å²) < 4.78 is 0. The fraction of sp³-hybridized carbons (Fsp3) is 1.00. The lowest BCUT2D eigenvalue weighted by Gasteiger charge is -2.29. The molecule has 0 aromatic heterocycles. The third kappa shape index (κ3) is 5.04. The molecule has 0 aromatic rings. The van der Waals surface area contributed by atoms with E-state index >= 15 is 0 Å². The Hall–Kier alpha value is -0.0800. The molecule has 0 amide bonds. The molecule has 2 atom stereocenters. The van der Waals surface area contributed by atoms with E-state index in [1.165, 1.54) is 70.9 Å². The molecule has 2 nitrogen and oxygen atoms in total. The lowest BCUT2D eigenvalue weighted by Crippen LogP contribution is -2.41. The van der Waals surface area contributed by atoms with Gasteiger partial charge in [-0.3, -0.25) is 0 Å². The Labute approximate surface area is 126 Å². The first kappa shape index (κ1) is 16.3. The summed E-state index contributed by atoms with van der Waals surface area (Å²) in [6.45, 7) is 9.70. The maximum atomic E-state index is 3.99. The zero-order chi connectivity index (χ0) is 14.4. The molecule has 1 N–H and O–H groups in total. The van der Waals surface area contributed by atoms with Crippen LogP contribution in [0.1, 0.15) is 78.6 Å². The van der Waals surface area contributed by atoms with Crippen molar-refractivity contribution in [2.75, 3.05) is 13.1 Å². The van der Waals surface area contributed by atoms with Gasteiger partial charge in [-0.15, -0.1) is 0 Å². The van der Waals surface area contributed by atoms with Crippen LogP contribution in [0.25, 0.3) is 0 Å². The first-order valence-electron chi connectivity index (χ1n) is 9.17. The Kier molecular flexibility index (Phi) is 6.83. The van der Waals surface area contributed by atoms with Crippen molar-refractivity contribution >= 4 is 0 Å². The third-order valence-corrected chi connectivity index (χ3v) is 5.60. The molecule has 1 aliphatic heterocycles. The topological polar surface area (TPSA) is 15.3 Å². The van der Waals surface area contributed by atoms with E-state index in [0.717, 1.165) is 18.0 Å². The molecule has 2 heteroatoms. The van der Waals surface area contributed by atoms with Crippen molar-refractivity contribution in [3.63, 3.8) is 0 Å². The Morgan fingerprint density at radius 1 is 0.800 bits per heavy atom. The summed E-state index contributed by atoms with van der Waals surface area (Å²) >= 11 is 0. The molecule has 1 saturated carbocycles. The summed E-state index contributed by atoms with van der Waals surface area (Å²) in [7, 11) is 0. The number of likely N-dealkylation sites (tertiary alicyclic amines) is 1. The van der Waals surface area contributed by atoms with Gasteiger partial charge in [0.25, 0.3) is 0 Å². The van der Waals surface area contributed by atoms with Gasteiger partial charge < -0.3 is 10.2 Å². The number of nitrogens with one attached hydrogen (secondary N) is 1. The lowest BCUT2D eigenvalue weighted by molar-refractivity contribution is 0.226. The highest BCUT2D eigenvalue weighted by atomic mass is 15.1. The zero-order valence-corrected chi connectivity index (χ0v) is 14.0. The number of rotatable bonds is 4. The van der Waals surface area contributed by atoms with E-state index < -0.39 is 0 Å². The molecule has 1 unspecified atom stereocenters. The standard InChI is InChI=1S/C18H36N2/c1-15(2)20-13-8-11-18(12-14-20)19-16(3)17-9-6-4-5-7-10-17/h15-19H,4-14H2,1-3H3/t16-,18?/m0/s1. The van der Waals surface area contributed by atoms with E-state index in [0.29, 0.717) is 6.04 Å². The second-order valence-corrected chi connectivity index (χ2v) is 7.46. The maximum Gasteiger partial charge on any atom is 0.00823 e. The molecule has 20 heavy (non-hydrogen) atoms. The van der Waals surface area contributed by atoms with Crippen LogP contribution in [0, 0.1) is 5.92 Å². The van der Waals surface area contributed by atoms with Crippen LogP contribution in [0.2, 0.25) is 0 Å². The van der Waals surface area contributed by atoms with Crippen molar-refractivity contribution in [2.45, 2.75) is 96.7 Å². The summed E-state index contributed by atoms with van der Waals surface area (Å²) in [4.78, 5) is 2.65. The third-order valence-electron chi connectivity index (χ3n) is 5.60. The zero-order valence-electron chi connectivity index (χ0n) is 14.0. The average molecular weight is 280 g/mol. The lowest BCUT2D eigenvalue weighted by atomic mass is 9.92. The molecule has 2 rings (SSSR count). The monoisotopic (exact) mass is 280 g/mol. The van der Waals surface area contributed by atoms with Crippen LogP contribution in [-0.2, 0) is 0 Å². The minimum atomic E-state index is 0.716. The molecule has 1 heterocycles. The highest BCUT2D eigenvalue weighted by molar-refractivity contribution is 4.82. The van der Waals surface area contributed by atoms with Gasteiger partial charge in [-0.1, -0.05) is 25.7 Å². The predicted molar refractivity (Wildman–Crippen MR) is 88.1 cm³/mol. The fourth-order valence-electron chi connectivity index (χ4n) is 4.12. The van der Waals surface area contributed by atoms with Gasteiger partial charge in [-0.2, -0.15) is 0 Å². The fourth-order valence-corrected chi connectivity index (χ4v) is 4.12. The van der Waals surface area contributed by atoms with E-state index in [1.54, 1.807) is 0 Å². The molecule has 118 valence electrons. The maximum absolute atomic E-state index is 3.99. The Bertz CT molecular complexity index is 256. The van der Waals surface area contributed by atoms with E-state index in [-0.39, 0.29) is 0 Å².